The summed E-state index contributed by atoms with van der Waals surface area (Å²) in [5.41, 5.74) is 1.96. The summed E-state index contributed by atoms with van der Waals surface area (Å²) in [7, 11) is 0. The van der Waals surface area contributed by atoms with Crippen LogP contribution < -0.4 is 10.1 Å². The molecule has 118 valence electrons. The second-order valence-electron chi connectivity index (χ2n) is 5.39. The number of benzene rings is 1. The van der Waals surface area contributed by atoms with E-state index in [1.807, 2.05) is 18.2 Å². The zero-order valence-corrected chi connectivity index (χ0v) is 12.3. The van der Waals surface area contributed by atoms with Gasteiger partial charge in [0.1, 0.15) is 11.8 Å². The van der Waals surface area contributed by atoms with Crippen LogP contribution in [0.2, 0.25) is 0 Å². The van der Waals surface area contributed by atoms with Crippen LogP contribution in [0.15, 0.2) is 42.7 Å². The Morgan fingerprint density at radius 3 is 2.70 bits per heavy atom. The number of aromatic nitrogens is 1. The first-order valence-electron chi connectivity index (χ1n) is 7.30. The van der Waals surface area contributed by atoms with E-state index in [1.54, 1.807) is 30.6 Å². The largest absolute Gasteiger partial charge is 0.483 e. The zero-order valence-electron chi connectivity index (χ0n) is 12.3. The Balaban J connectivity index is 1.87. The van der Waals surface area contributed by atoms with Gasteiger partial charge in [0.25, 0.3) is 5.92 Å². The third-order valence-corrected chi connectivity index (χ3v) is 3.80. The minimum absolute atomic E-state index is 0.192. The van der Waals surface area contributed by atoms with Crippen molar-refractivity contribution in [3.05, 3.63) is 48.3 Å². The first-order valence-corrected chi connectivity index (χ1v) is 7.30. The SMILES string of the molecule is N#Cc1cc(-c2ccncc2)ccc1O[C@H]1CCNCC1(F)F. The van der Waals surface area contributed by atoms with E-state index >= 15 is 0 Å². The molecular weight excluding hydrogens is 300 g/mol. The van der Waals surface area contributed by atoms with Gasteiger partial charge in [0, 0.05) is 18.8 Å². The highest BCUT2D eigenvalue weighted by atomic mass is 19.3. The van der Waals surface area contributed by atoms with Crippen molar-refractivity contribution >= 4 is 0 Å². The number of nitrogens with one attached hydrogen (secondary N) is 1. The van der Waals surface area contributed by atoms with Crippen LogP contribution in [0.1, 0.15) is 12.0 Å². The monoisotopic (exact) mass is 315 g/mol. The summed E-state index contributed by atoms with van der Waals surface area (Å²) in [6.45, 7) is 0.0614. The lowest BCUT2D eigenvalue weighted by Crippen LogP contribution is -2.52. The quantitative estimate of drug-likeness (QED) is 0.946. The summed E-state index contributed by atoms with van der Waals surface area (Å²) in [6.07, 6.45) is 2.29. The molecule has 2 heterocycles. The number of rotatable bonds is 3. The van der Waals surface area contributed by atoms with Gasteiger partial charge in [-0.25, -0.2) is 8.78 Å². The lowest BCUT2D eigenvalue weighted by Gasteiger charge is -2.32. The van der Waals surface area contributed by atoms with E-state index in [-0.39, 0.29) is 17.7 Å². The van der Waals surface area contributed by atoms with E-state index < -0.39 is 18.6 Å². The van der Waals surface area contributed by atoms with Crippen LogP contribution in [0, 0.1) is 11.3 Å². The molecule has 6 heteroatoms. The number of nitriles is 1. The first kappa shape index (κ1) is 15.4. The molecule has 1 aromatic carbocycles. The molecule has 3 rings (SSSR count). The number of hydrogen-bond acceptors (Lipinski definition) is 4. The van der Waals surface area contributed by atoms with Crippen LogP contribution in [0.5, 0.6) is 5.75 Å². The lowest BCUT2D eigenvalue weighted by atomic mass is 10.0. The summed E-state index contributed by atoms with van der Waals surface area (Å²) in [4.78, 5) is 3.95. The Morgan fingerprint density at radius 2 is 2.00 bits per heavy atom. The molecule has 2 aromatic rings. The number of piperidine rings is 1. The maximum Gasteiger partial charge on any atom is 0.296 e. The molecule has 1 aliphatic rings. The predicted molar refractivity (Wildman–Crippen MR) is 81.2 cm³/mol. The van der Waals surface area contributed by atoms with Crippen molar-refractivity contribution < 1.29 is 13.5 Å². The molecule has 1 aliphatic heterocycles. The molecule has 23 heavy (non-hydrogen) atoms. The maximum atomic E-state index is 13.9. The third kappa shape index (κ3) is 3.30. The van der Waals surface area contributed by atoms with E-state index in [0.29, 0.717) is 6.54 Å². The van der Waals surface area contributed by atoms with Gasteiger partial charge in [0.05, 0.1) is 12.1 Å². The maximum absolute atomic E-state index is 13.9. The van der Waals surface area contributed by atoms with Gasteiger partial charge in [-0.15, -0.1) is 0 Å². The Labute approximate surface area is 132 Å². The Bertz CT molecular complexity index is 728. The standard InChI is InChI=1S/C17H15F2N3O/c18-17(19)11-22-8-5-16(17)23-15-2-1-13(9-14(15)10-20)12-3-6-21-7-4-12/h1-4,6-7,9,16,22H,5,8,11H2/t16-/m0/s1. The van der Waals surface area contributed by atoms with Crippen molar-refractivity contribution in [1.82, 2.24) is 10.3 Å². The van der Waals surface area contributed by atoms with Crippen molar-refractivity contribution in [2.45, 2.75) is 18.4 Å². The normalized spacial score (nSPS) is 19.8. The molecule has 0 radical (unpaired) electrons. The molecule has 1 fully saturated rings. The van der Waals surface area contributed by atoms with E-state index in [9.17, 15) is 14.0 Å². The van der Waals surface area contributed by atoms with Gasteiger partial charge in [-0.3, -0.25) is 4.98 Å². The molecule has 4 nitrogen and oxygen atoms in total. The highest BCUT2D eigenvalue weighted by molar-refractivity contribution is 5.66. The topological polar surface area (TPSA) is 57.9 Å². The van der Waals surface area contributed by atoms with Crippen molar-refractivity contribution in [3.8, 4) is 22.9 Å². The molecule has 1 saturated heterocycles. The van der Waals surface area contributed by atoms with Gasteiger partial charge in [-0.2, -0.15) is 5.26 Å². The predicted octanol–water partition coefficient (Wildman–Crippen LogP) is 3.00. The molecule has 0 saturated carbocycles. The molecule has 0 spiro atoms. The first-order chi connectivity index (χ1) is 11.1. The van der Waals surface area contributed by atoms with Crippen LogP contribution in [0.25, 0.3) is 11.1 Å². The van der Waals surface area contributed by atoms with Crippen molar-refractivity contribution in [2.75, 3.05) is 13.1 Å². The van der Waals surface area contributed by atoms with E-state index in [2.05, 4.69) is 10.3 Å². The van der Waals surface area contributed by atoms with E-state index in [1.165, 1.54) is 0 Å². The highest BCUT2D eigenvalue weighted by Crippen LogP contribution is 2.31. The van der Waals surface area contributed by atoms with Gasteiger partial charge in [0.15, 0.2) is 6.10 Å². The minimum atomic E-state index is -2.95. The van der Waals surface area contributed by atoms with Crippen LogP contribution in [-0.4, -0.2) is 30.1 Å². The van der Waals surface area contributed by atoms with Crippen LogP contribution in [-0.2, 0) is 0 Å². The third-order valence-electron chi connectivity index (χ3n) is 3.80. The summed E-state index contributed by atoms with van der Waals surface area (Å²) < 4.78 is 33.2. The lowest BCUT2D eigenvalue weighted by molar-refractivity contribution is -0.109. The van der Waals surface area contributed by atoms with Gasteiger partial charge < -0.3 is 10.1 Å². The highest BCUT2D eigenvalue weighted by Gasteiger charge is 2.43. The van der Waals surface area contributed by atoms with Crippen molar-refractivity contribution in [2.24, 2.45) is 0 Å². The molecular formula is C17H15F2N3O. The summed E-state index contributed by atoms with van der Waals surface area (Å²) in [6, 6.07) is 10.6. The Morgan fingerprint density at radius 1 is 1.22 bits per heavy atom. The molecule has 0 aliphatic carbocycles. The van der Waals surface area contributed by atoms with Crippen LogP contribution in [0.3, 0.4) is 0 Å². The molecule has 0 unspecified atom stereocenters. The van der Waals surface area contributed by atoms with Gasteiger partial charge in [-0.1, -0.05) is 6.07 Å². The fraction of sp³-hybridized carbons (Fsp3) is 0.294. The average Bonchev–Trinajstić information content (AvgIpc) is 2.57. The Kier molecular flexibility index (Phi) is 4.22. The molecule has 1 aromatic heterocycles. The fourth-order valence-corrected chi connectivity index (χ4v) is 2.56. The van der Waals surface area contributed by atoms with Crippen LogP contribution >= 0.6 is 0 Å². The zero-order chi connectivity index (χ0) is 16.3. The molecule has 1 N–H and O–H groups in total. The molecule has 0 amide bonds. The number of nitrogens with zero attached hydrogens (tertiary/aromatic N) is 2. The number of hydrogen-bond donors (Lipinski definition) is 1. The van der Waals surface area contributed by atoms with Gasteiger partial charge in [0.2, 0.25) is 0 Å². The summed E-state index contributed by atoms with van der Waals surface area (Å²) >= 11 is 0. The second kappa shape index (κ2) is 6.31. The van der Waals surface area contributed by atoms with Gasteiger partial charge >= 0.3 is 0 Å². The number of halogens is 2. The Hall–Kier alpha value is -2.52. The average molecular weight is 315 g/mol. The smallest absolute Gasteiger partial charge is 0.296 e. The van der Waals surface area contributed by atoms with Gasteiger partial charge in [-0.05, 0) is 41.9 Å². The van der Waals surface area contributed by atoms with E-state index in [0.717, 1.165) is 11.1 Å². The summed E-state index contributed by atoms with van der Waals surface area (Å²) in [5.74, 6) is -2.76. The second-order valence-corrected chi connectivity index (χ2v) is 5.39. The summed E-state index contributed by atoms with van der Waals surface area (Å²) in [5, 5.41) is 12.0. The molecule has 0 bridgehead atoms. The van der Waals surface area contributed by atoms with Crippen LogP contribution in [0.4, 0.5) is 8.78 Å². The molecule has 1 atom stereocenters. The number of alkyl halides is 2. The fourth-order valence-electron chi connectivity index (χ4n) is 2.56. The number of ether oxygens (including phenoxy) is 1. The van der Waals surface area contributed by atoms with E-state index in [4.69, 9.17) is 4.74 Å². The number of pyridine rings is 1. The minimum Gasteiger partial charge on any atom is -0.483 e. The van der Waals surface area contributed by atoms with Crippen molar-refractivity contribution in [1.29, 1.82) is 5.26 Å². The van der Waals surface area contributed by atoms with Crippen molar-refractivity contribution in [3.63, 3.8) is 0 Å².